The minimum Gasteiger partial charge on any atom is -0.393 e. The van der Waals surface area contributed by atoms with Crippen LogP contribution in [-0.4, -0.2) is 42.4 Å². The molecule has 0 aliphatic carbocycles. The van der Waals surface area contributed by atoms with E-state index in [4.69, 9.17) is 15.2 Å². The minimum atomic E-state index is -0.554. The Kier molecular flexibility index (Phi) is 4.35. The molecule has 3 N–H and O–H groups in total. The molecule has 1 aromatic heterocycles. The van der Waals surface area contributed by atoms with Gasteiger partial charge in [-0.05, 0) is 0 Å². The number of nitrogens with two attached hydrogens (primary N) is 1. The lowest BCUT2D eigenvalue weighted by Crippen LogP contribution is -2.44. The van der Waals surface area contributed by atoms with E-state index in [1.54, 1.807) is 7.11 Å². The average Bonchev–Trinajstić information content (AvgIpc) is 2.46. The summed E-state index contributed by atoms with van der Waals surface area (Å²) in [6.07, 6.45) is 2.74. The SMILES string of the molecule is COC1(CNc2cc(N)c([N+](=O)[O-])cn2)CCOCC1. The summed E-state index contributed by atoms with van der Waals surface area (Å²) in [6, 6.07) is 1.46. The number of ether oxygens (including phenoxy) is 2. The van der Waals surface area contributed by atoms with Crippen LogP contribution in [0.5, 0.6) is 0 Å². The van der Waals surface area contributed by atoms with Crippen LogP contribution in [0.15, 0.2) is 12.3 Å². The second-order valence-corrected chi connectivity index (χ2v) is 4.74. The summed E-state index contributed by atoms with van der Waals surface area (Å²) < 4.78 is 10.9. The topological polar surface area (TPSA) is 113 Å². The fourth-order valence-electron chi connectivity index (χ4n) is 2.16. The highest BCUT2D eigenvalue weighted by molar-refractivity contribution is 5.61. The second-order valence-electron chi connectivity index (χ2n) is 4.74. The van der Waals surface area contributed by atoms with Gasteiger partial charge in [-0.25, -0.2) is 4.98 Å². The third-order valence-electron chi connectivity index (χ3n) is 3.54. The molecule has 0 aromatic carbocycles. The third kappa shape index (κ3) is 3.14. The van der Waals surface area contributed by atoms with Gasteiger partial charge in [0, 0.05) is 45.8 Å². The first-order valence-electron chi connectivity index (χ1n) is 6.33. The molecular formula is C12H18N4O4. The van der Waals surface area contributed by atoms with Crippen LogP contribution in [0.1, 0.15) is 12.8 Å². The summed E-state index contributed by atoms with van der Waals surface area (Å²) in [5, 5.41) is 13.8. The van der Waals surface area contributed by atoms with Crippen molar-refractivity contribution >= 4 is 17.2 Å². The maximum absolute atomic E-state index is 10.7. The van der Waals surface area contributed by atoms with Crippen LogP contribution in [0.3, 0.4) is 0 Å². The van der Waals surface area contributed by atoms with Gasteiger partial charge in [0.15, 0.2) is 0 Å². The maximum Gasteiger partial charge on any atom is 0.310 e. The first-order valence-corrected chi connectivity index (χ1v) is 6.33. The van der Waals surface area contributed by atoms with Crippen molar-refractivity contribution in [3.05, 3.63) is 22.4 Å². The van der Waals surface area contributed by atoms with Gasteiger partial charge in [0.25, 0.3) is 0 Å². The van der Waals surface area contributed by atoms with Crippen LogP contribution in [0.2, 0.25) is 0 Å². The molecule has 1 aliphatic heterocycles. The van der Waals surface area contributed by atoms with E-state index >= 15 is 0 Å². The van der Waals surface area contributed by atoms with Gasteiger partial charge < -0.3 is 20.5 Å². The normalized spacial score (nSPS) is 17.6. The Bertz CT molecular complexity index is 488. The molecule has 2 rings (SSSR count). The Balaban J connectivity index is 2.03. The lowest BCUT2D eigenvalue weighted by Gasteiger charge is -2.36. The largest absolute Gasteiger partial charge is 0.393 e. The molecule has 0 radical (unpaired) electrons. The van der Waals surface area contributed by atoms with Gasteiger partial charge in [-0.1, -0.05) is 0 Å². The number of methoxy groups -OCH3 is 1. The van der Waals surface area contributed by atoms with Gasteiger partial charge in [0.05, 0.1) is 10.5 Å². The van der Waals surface area contributed by atoms with Crippen molar-refractivity contribution in [2.24, 2.45) is 0 Å². The van der Waals surface area contributed by atoms with Crippen LogP contribution in [-0.2, 0) is 9.47 Å². The Hall–Kier alpha value is -1.93. The molecule has 0 bridgehead atoms. The van der Waals surface area contributed by atoms with Crippen molar-refractivity contribution < 1.29 is 14.4 Å². The number of aromatic nitrogens is 1. The van der Waals surface area contributed by atoms with E-state index in [0.29, 0.717) is 25.6 Å². The molecule has 0 atom stereocenters. The highest BCUT2D eigenvalue weighted by Gasteiger charge is 2.32. The van der Waals surface area contributed by atoms with Crippen molar-refractivity contribution in [3.8, 4) is 0 Å². The van der Waals surface area contributed by atoms with E-state index in [-0.39, 0.29) is 17.0 Å². The number of nitro groups is 1. The molecule has 1 aromatic rings. The zero-order valence-electron chi connectivity index (χ0n) is 11.3. The molecule has 1 fully saturated rings. The molecule has 110 valence electrons. The molecule has 20 heavy (non-hydrogen) atoms. The molecule has 1 aliphatic rings. The highest BCUT2D eigenvalue weighted by atomic mass is 16.6. The zero-order chi connectivity index (χ0) is 14.6. The summed E-state index contributed by atoms with van der Waals surface area (Å²) in [5.74, 6) is 0.496. The first kappa shape index (κ1) is 14.5. The monoisotopic (exact) mass is 282 g/mol. The second kappa shape index (κ2) is 6.02. The van der Waals surface area contributed by atoms with E-state index < -0.39 is 4.92 Å². The van der Waals surface area contributed by atoms with E-state index in [1.807, 2.05) is 0 Å². The fraction of sp³-hybridized carbons (Fsp3) is 0.583. The molecule has 1 saturated heterocycles. The number of rotatable bonds is 5. The van der Waals surface area contributed by atoms with Crippen molar-refractivity contribution in [1.82, 2.24) is 4.98 Å². The van der Waals surface area contributed by atoms with Crippen LogP contribution >= 0.6 is 0 Å². The summed E-state index contributed by atoms with van der Waals surface area (Å²) in [4.78, 5) is 14.1. The van der Waals surface area contributed by atoms with Crippen LogP contribution < -0.4 is 11.1 Å². The predicted octanol–water partition coefficient (Wildman–Crippen LogP) is 1.18. The quantitative estimate of drug-likeness (QED) is 0.615. The molecule has 0 amide bonds. The highest BCUT2D eigenvalue weighted by Crippen LogP contribution is 2.26. The number of pyridine rings is 1. The summed E-state index contributed by atoms with van der Waals surface area (Å²) in [5.41, 5.74) is 5.23. The third-order valence-corrected chi connectivity index (χ3v) is 3.54. The Labute approximate surface area is 116 Å². The van der Waals surface area contributed by atoms with E-state index in [1.165, 1.54) is 6.07 Å². The Morgan fingerprint density at radius 2 is 2.30 bits per heavy atom. The number of nitrogens with zero attached hydrogens (tertiary/aromatic N) is 2. The molecule has 0 saturated carbocycles. The van der Waals surface area contributed by atoms with Crippen molar-refractivity contribution in [1.29, 1.82) is 0 Å². The number of nitrogens with one attached hydrogen (secondary N) is 1. The lowest BCUT2D eigenvalue weighted by molar-refractivity contribution is -0.384. The first-order chi connectivity index (χ1) is 9.56. The van der Waals surface area contributed by atoms with E-state index in [2.05, 4.69) is 10.3 Å². The minimum absolute atomic E-state index is 0.0888. The summed E-state index contributed by atoms with van der Waals surface area (Å²) >= 11 is 0. The summed E-state index contributed by atoms with van der Waals surface area (Å²) in [7, 11) is 1.67. The van der Waals surface area contributed by atoms with Crippen molar-refractivity contribution in [3.63, 3.8) is 0 Å². The molecule has 0 spiro atoms. The molecule has 8 heteroatoms. The van der Waals surface area contributed by atoms with Crippen LogP contribution in [0.25, 0.3) is 0 Å². The van der Waals surface area contributed by atoms with Gasteiger partial charge in [-0.2, -0.15) is 0 Å². The number of hydrogen-bond acceptors (Lipinski definition) is 7. The Morgan fingerprint density at radius 1 is 1.60 bits per heavy atom. The number of anilines is 2. The van der Waals surface area contributed by atoms with Crippen molar-refractivity contribution in [2.45, 2.75) is 18.4 Å². The van der Waals surface area contributed by atoms with Gasteiger partial charge in [0.1, 0.15) is 17.7 Å². The number of hydrogen-bond donors (Lipinski definition) is 2. The van der Waals surface area contributed by atoms with Gasteiger partial charge in [0.2, 0.25) is 0 Å². The van der Waals surface area contributed by atoms with Gasteiger partial charge in [-0.15, -0.1) is 0 Å². The van der Waals surface area contributed by atoms with Crippen LogP contribution in [0.4, 0.5) is 17.2 Å². The summed E-state index contributed by atoms with van der Waals surface area (Å²) in [6.45, 7) is 1.87. The molecule has 8 nitrogen and oxygen atoms in total. The standard InChI is InChI=1S/C12H18N4O4/c1-19-12(2-4-20-5-3-12)8-15-11-6-9(13)10(7-14-11)16(17)18/h6-7H,2-5,8H2,1H3,(H3,13,14,15). The number of nitrogen functional groups attached to an aromatic ring is 1. The zero-order valence-corrected chi connectivity index (χ0v) is 11.3. The smallest absolute Gasteiger partial charge is 0.310 e. The molecular weight excluding hydrogens is 264 g/mol. The van der Waals surface area contributed by atoms with Gasteiger partial charge in [-0.3, -0.25) is 10.1 Å². The maximum atomic E-state index is 10.7. The predicted molar refractivity (Wildman–Crippen MR) is 73.6 cm³/mol. The average molecular weight is 282 g/mol. The van der Waals surface area contributed by atoms with E-state index in [0.717, 1.165) is 19.0 Å². The van der Waals surface area contributed by atoms with E-state index in [9.17, 15) is 10.1 Å². The van der Waals surface area contributed by atoms with Crippen LogP contribution in [0, 0.1) is 10.1 Å². The van der Waals surface area contributed by atoms with Gasteiger partial charge >= 0.3 is 5.69 Å². The van der Waals surface area contributed by atoms with Crippen molar-refractivity contribution in [2.75, 3.05) is 37.9 Å². The fourth-order valence-corrected chi connectivity index (χ4v) is 2.16. The Morgan fingerprint density at radius 3 is 2.85 bits per heavy atom. The molecule has 0 unspecified atom stereocenters. The lowest BCUT2D eigenvalue weighted by atomic mass is 9.94. The molecule has 2 heterocycles.